The Balaban J connectivity index is 1.53. The van der Waals surface area contributed by atoms with Gasteiger partial charge >= 0.3 is 6.18 Å². The van der Waals surface area contributed by atoms with Gasteiger partial charge in [-0.3, -0.25) is 4.79 Å². The lowest BCUT2D eigenvalue weighted by atomic mass is 10.1. The van der Waals surface area contributed by atoms with E-state index in [0.29, 0.717) is 21.6 Å². The lowest BCUT2D eigenvalue weighted by molar-refractivity contribution is -0.136. The summed E-state index contributed by atoms with van der Waals surface area (Å²) in [6.07, 6.45) is -1.79. The predicted molar refractivity (Wildman–Crippen MR) is 120 cm³/mol. The van der Waals surface area contributed by atoms with Gasteiger partial charge in [-0.15, -0.1) is 11.3 Å². The summed E-state index contributed by atoms with van der Waals surface area (Å²) in [4.78, 5) is 15.7. The molecule has 0 radical (unpaired) electrons. The number of nitrogens with zero attached hydrogens (tertiary/aromatic N) is 3. The first-order valence-corrected chi connectivity index (χ1v) is 10.8. The second-order valence-corrected chi connectivity index (χ2v) is 8.32. The second-order valence-electron chi connectivity index (χ2n) is 7.41. The summed E-state index contributed by atoms with van der Waals surface area (Å²) >= 11 is 1.31. The van der Waals surface area contributed by atoms with E-state index < -0.39 is 23.2 Å². The van der Waals surface area contributed by atoms with Gasteiger partial charge in [-0.1, -0.05) is 18.2 Å². The first kappa shape index (κ1) is 23.2. The standard InChI is InChI=1S/C24H16F4N4OS/c1-14-7-8-34-22(14)23(33)30-11-16-4-3-15(9-20(16)25)17-12-31-32(13-17)18-5-6-21(29-2)19(10-18)24(26,27)28/h3-10,12-13H,11H2,1H3,(H,30,33). The van der Waals surface area contributed by atoms with E-state index in [1.54, 1.807) is 6.07 Å². The summed E-state index contributed by atoms with van der Waals surface area (Å²) in [7, 11) is 0. The van der Waals surface area contributed by atoms with Gasteiger partial charge in [-0.2, -0.15) is 18.3 Å². The van der Waals surface area contributed by atoms with E-state index >= 15 is 0 Å². The highest BCUT2D eigenvalue weighted by Crippen LogP contribution is 2.37. The number of aryl methyl sites for hydroxylation is 1. The summed E-state index contributed by atoms with van der Waals surface area (Å²) < 4.78 is 55.7. The second kappa shape index (κ2) is 9.11. The van der Waals surface area contributed by atoms with Crippen LogP contribution in [-0.2, 0) is 12.7 Å². The minimum absolute atomic E-state index is 0.00910. The van der Waals surface area contributed by atoms with E-state index in [4.69, 9.17) is 6.57 Å². The van der Waals surface area contributed by atoms with Crippen LogP contribution >= 0.6 is 11.3 Å². The maximum absolute atomic E-state index is 14.7. The van der Waals surface area contributed by atoms with Gasteiger partial charge in [-0.25, -0.2) is 13.9 Å². The molecule has 2 heterocycles. The monoisotopic (exact) mass is 484 g/mol. The van der Waals surface area contributed by atoms with Gasteiger partial charge in [0.05, 0.1) is 28.9 Å². The van der Waals surface area contributed by atoms with E-state index in [-0.39, 0.29) is 18.1 Å². The van der Waals surface area contributed by atoms with Crippen LogP contribution in [-0.4, -0.2) is 15.7 Å². The van der Waals surface area contributed by atoms with Crippen molar-refractivity contribution in [1.29, 1.82) is 0 Å². The molecule has 1 N–H and O–H groups in total. The van der Waals surface area contributed by atoms with E-state index in [1.807, 2.05) is 18.4 Å². The topological polar surface area (TPSA) is 51.3 Å². The highest BCUT2D eigenvalue weighted by Gasteiger charge is 2.33. The van der Waals surface area contributed by atoms with Gasteiger partial charge in [-0.05, 0) is 47.7 Å². The fourth-order valence-electron chi connectivity index (χ4n) is 3.34. The highest BCUT2D eigenvalue weighted by atomic mass is 32.1. The van der Waals surface area contributed by atoms with E-state index in [9.17, 15) is 22.4 Å². The molecule has 4 aromatic rings. The molecule has 0 unspecified atom stereocenters. The van der Waals surface area contributed by atoms with Crippen molar-refractivity contribution in [1.82, 2.24) is 15.1 Å². The molecule has 0 fully saturated rings. The third-order valence-electron chi connectivity index (χ3n) is 5.15. The zero-order chi connectivity index (χ0) is 24.5. The van der Waals surface area contributed by atoms with Crippen molar-refractivity contribution in [2.24, 2.45) is 0 Å². The number of benzene rings is 2. The van der Waals surface area contributed by atoms with Crippen molar-refractivity contribution in [2.75, 3.05) is 0 Å². The Morgan fingerprint density at radius 2 is 1.97 bits per heavy atom. The fraction of sp³-hybridized carbons (Fsp3) is 0.125. The zero-order valence-corrected chi connectivity index (χ0v) is 18.5. The van der Waals surface area contributed by atoms with E-state index in [1.165, 1.54) is 46.6 Å². The molecule has 0 bridgehead atoms. The van der Waals surface area contributed by atoms with Crippen LogP contribution in [0.25, 0.3) is 21.7 Å². The smallest absolute Gasteiger partial charge is 0.347 e. The average molecular weight is 484 g/mol. The number of thiophene rings is 1. The van der Waals surface area contributed by atoms with Crippen molar-refractivity contribution in [3.8, 4) is 16.8 Å². The van der Waals surface area contributed by atoms with Crippen molar-refractivity contribution >= 4 is 22.9 Å². The number of amides is 1. The molecule has 34 heavy (non-hydrogen) atoms. The van der Waals surface area contributed by atoms with E-state index in [0.717, 1.165) is 17.7 Å². The Bertz CT molecular complexity index is 1420. The van der Waals surface area contributed by atoms with Crippen LogP contribution in [0, 0.1) is 19.3 Å². The number of aromatic nitrogens is 2. The average Bonchev–Trinajstić information content (AvgIpc) is 3.46. The Morgan fingerprint density at radius 3 is 2.62 bits per heavy atom. The predicted octanol–water partition coefficient (Wildman–Crippen LogP) is 6.55. The third-order valence-corrected chi connectivity index (χ3v) is 6.16. The number of halogens is 4. The first-order chi connectivity index (χ1) is 16.2. The van der Waals surface area contributed by atoms with Crippen LogP contribution in [0.5, 0.6) is 0 Å². The molecule has 4 rings (SSSR count). The number of carbonyl (C=O) groups is 1. The van der Waals surface area contributed by atoms with Gasteiger partial charge in [0.2, 0.25) is 0 Å². The summed E-state index contributed by atoms with van der Waals surface area (Å²) in [5.74, 6) is -0.811. The van der Waals surface area contributed by atoms with Crippen LogP contribution in [0.15, 0.2) is 60.2 Å². The molecular weight excluding hydrogens is 468 g/mol. The lowest BCUT2D eigenvalue weighted by Crippen LogP contribution is -2.23. The van der Waals surface area contributed by atoms with E-state index in [2.05, 4.69) is 15.3 Å². The number of carbonyl (C=O) groups excluding carboxylic acids is 1. The Kier molecular flexibility index (Phi) is 6.22. The Hall–Kier alpha value is -3.97. The summed E-state index contributed by atoms with van der Waals surface area (Å²) in [5, 5.41) is 8.59. The zero-order valence-electron chi connectivity index (χ0n) is 17.7. The molecule has 0 aliphatic rings. The number of alkyl halides is 3. The quantitative estimate of drug-likeness (QED) is 0.258. The van der Waals surface area contributed by atoms with Gasteiger partial charge in [0.25, 0.3) is 5.91 Å². The molecule has 172 valence electrons. The van der Waals surface area contributed by atoms with Crippen LogP contribution in [0.1, 0.15) is 26.4 Å². The van der Waals surface area contributed by atoms with Gasteiger partial charge in [0.1, 0.15) is 5.82 Å². The molecule has 1 amide bonds. The first-order valence-electron chi connectivity index (χ1n) is 9.92. The molecule has 0 spiro atoms. The van der Waals surface area contributed by atoms with Crippen molar-refractivity contribution in [3.05, 3.63) is 99.0 Å². The summed E-state index contributed by atoms with van der Waals surface area (Å²) in [6, 6.07) is 9.60. The van der Waals surface area contributed by atoms with Crippen molar-refractivity contribution in [2.45, 2.75) is 19.6 Å². The molecule has 2 aromatic carbocycles. The molecule has 0 atom stereocenters. The maximum Gasteiger partial charge on any atom is 0.407 e. The molecular formula is C24H16F4N4OS. The minimum atomic E-state index is -4.68. The van der Waals surface area contributed by atoms with Crippen molar-refractivity contribution in [3.63, 3.8) is 0 Å². The Labute approximate surface area is 196 Å². The Morgan fingerprint density at radius 1 is 1.18 bits per heavy atom. The lowest BCUT2D eigenvalue weighted by Gasteiger charge is -2.11. The fourth-order valence-corrected chi connectivity index (χ4v) is 4.18. The van der Waals surface area contributed by atoms with Gasteiger partial charge < -0.3 is 5.32 Å². The molecule has 0 aliphatic heterocycles. The molecule has 2 aromatic heterocycles. The van der Waals surface area contributed by atoms with Crippen LogP contribution in [0.2, 0.25) is 0 Å². The summed E-state index contributed by atoms with van der Waals surface area (Å²) in [6.45, 7) is 8.77. The van der Waals surface area contributed by atoms with Crippen LogP contribution in [0.4, 0.5) is 23.2 Å². The van der Waals surface area contributed by atoms with Gasteiger partial charge in [0.15, 0.2) is 5.69 Å². The third kappa shape index (κ3) is 4.70. The van der Waals surface area contributed by atoms with Crippen LogP contribution < -0.4 is 5.32 Å². The normalized spacial score (nSPS) is 11.3. The maximum atomic E-state index is 14.7. The molecule has 10 heteroatoms. The molecule has 0 saturated carbocycles. The molecule has 5 nitrogen and oxygen atoms in total. The SMILES string of the molecule is [C-]#[N+]c1ccc(-n2cc(-c3ccc(CNC(=O)c4sccc4C)c(F)c3)cn2)cc1C(F)(F)F. The highest BCUT2D eigenvalue weighted by molar-refractivity contribution is 7.12. The van der Waals surface area contributed by atoms with Crippen molar-refractivity contribution < 1.29 is 22.4 Å². The molecule has 0 aliphatic carbocycles. The largest absolute Gasteiger partial charge is 0.407 e. The number of rotatable bonds is 5. The summed E-state index contributed by atoms with van der Waals surface area (Å²) in [5.41, 5.74) is 0.683. The number of hydrogen-bond acceptors (Lipinski definition) is 3. The van der Waals surface area contributed by atoms with Gasteiger partial charge in [0, 0.05) is 23.9 Å². The number of hydrogen-bond donors (Lipinski definition) is 1. The number of nitrogens with one attached hydrogen (secondary N) is 1. The van der Waals surface area contributed by atoms with Crippen LogP contribution in [0.3, 0.4) is 0 Å². The minimum Gasteiger partial charge on any atom is -0.347 e. The molecule has 0 saturated heterocycles.